The number of hydrogen-bond acceptors (Lipinski definition) is 4. The number of nitrogens with zero attached hydrogens (tertiary/aromatic N) is 2. The highest BCUT2D eigenvalue weighted by Crippen LogP contribution is 2.41. The predicted molar refractivity (Wildman–Crippen MR) is 178 cm³/mol. The first-order chi connectivity index (χ1) is 20.1. The molecule has 1 N–H and O–H groups in total. The predicted octanol–water partition coefficient (Wildman–Crippen LogP) is 6.91. The van der Waals surface area contributed by atoms with Crippen molar-refractivity contribution >= 4 is 51.5 Å². The van der Waals surface area contributed by atoms with Gasteiger partial charge in [0.05, 0.1) is 21.8 Å². The third kappa shape index (κ3) is 8.13. The van der Waals surface area contributed by atoms with Crippen LogP contribution in [0.3, 0.4) is 0 Å². The zero-order chi connectivity index (χ0) is 29.8. The van der Waals surface area contributed by atoms with Crippen molar-refractivity contribution in [1.82, 2.24) is 14.5 Å². The number of nitrogens with one attached hydrogen (secondary N) is 1. The van der Waals surface area contributed by atoms with Crippen LogP contribution >= 0.6 is 35.6 Å². The molecule has 0 aliphatic carbocycles. The van der Waals surface area contributed by atoms with Gasteiger partial charge in [-0.25, -0.2) is 13.1 Å². The molecule has 1 unspecified atom stereocenters. The van der Waals surface area contributed by atoms with Crippen molar-refractivity contribution in [2.75, 3.05) is 39.0 Å². The molecule has 6 nitrogen and oxygen atoms in total. The molecule has 43 heavy (non-hydrogen) atoms. The van der Waals surface area contributed by atoms with Gasteiger partial charge < -0.3 is 9.80 Å². The molecule has 0 saturated carbocycles. The summed E-state index contributed by atoms with van der Waals surface area (Å²) in [4.78, 5) is 17.9. The summed E-state index contributed by atoms with van der Waals surface area (Å²) in [6.45, 7) is 3.87. The fourth-order valence-corrected chi connectivity index (χ4v) is 8.17. The number of likely N-dealkylation sites (tertiary alicyclic amines) is 2. The number of carbonyl (C=O) groups is 1. The summed E-state index contributed by atoms with van der Waals surface area (Å²) in [6, 6.07) is 25.3. The van der Waals surface area contributed by atoms with Crippen LogP contribution in [0.25, 0.3) is 0 Å². The first kappa shape index (κ1) is 33.8. The quantitative estimate of drug-likeness (QED) is 0.270. The summed E-state index contributed by atoms with van der Waals surface area (Å²) >= 11 is 12.8. The second-order valence-electron chi connectivity index (χ2n) is 11.9. The van der Waals surface area contributed by atoms with Crippen LogP contribution in [0.2, 0.25) is 10.0 Å². The lowest BCUT2D eigenvalue weighted by atomic mass is 9.70. The molecule has 0 spiro atoms. The number of amides is 1. The van der Waals surface area contributed by atoms with Crippen LogP contribution < -0.4 is 4.72 Å². The molecule has 1 amide bonds. The maximum absolute atomic E-state index is 13.5. The summed E-state index contributed by atoms with van der Waals surface area (Å²) in [5.41, 5.74) is 2.04. The lowest BCUT2D eigenvalue weighted by Crippen LogP contribution is -2.53. The van der Waals surface area contributed by atoms with Gasteiger partial charge in [0.25, 0.3) is 5.91 Å². The molecule has 5 rings (SSSR count). The Kier molecular flexibility index (Phi) is 11.2. The summed E-state index contributed by atoms with van der Waals surface area (Å²) < 4.78 is 27.6. The van der Waals surface area contributed by atoms with Crippen LogP contribution in [-0.2, 0) is 21.0 Å². The Hall–Kier alpha value is -2.13. The third-order valence-corrected chi connectivity index (χ3v) is 10.5. The monoisotopic (exact) mass is 663 g/mol. The highest BCUT2D eigenvalue weighted by Gasteiger charge is 2.41. The van der Waals surface area contributed by atoms with E-state index in [0.717, 1.165) is 63.0 Å². The maximum Gasteiger partial charge on any atom is 0.253 e. The Balaban J connectivity index is 0.00000423. The average molecular weight is 665 g/mol. The number of hydrogen-bond donors (Lipinski definition) is 1. The molecule has 1 atom stereocenters. The zero-order valence-corrected chi connectivity index (χ0v) is 27.6. The molecular weight excluding hydrogens is 625 g/mol. The SMILES string of the molecule is CS(=O)(=O)NC1(c2ccccc2)CCN(CCCC2(c3ccc(Cl)c(Cl)c3)CCCN(C(=O)c3ccccc3)C2)CC1.Cl. The second kappa shape index (κ2) is 14.3. The Labute approximate surface area is 272 Å². The van der Waals surface area contributed by atoms with Crippen LogP contribution in [0, 0.1) is 0 Å². The van der Waals surface area contributed by atoms with Crippen molar-refractivity contribution < 1.29 is 13.2 Å². The molecule has 0 bridgehead atoms. The van der Waals surface area contributed by atoms with Crippen molar-refractivity contribution in [2.24, 2.45) is 0 Å². The number of rotatable bonds is 9. The first-order valence-corrected chi connectivity index (χ1v) is 17.3. The molecule has 3 aromatic rings. The Morgan fingerprint density at radius 3 is 2.14 bits per heavy atom. The van der Waals surface area contributed by atoms with Crippen LogP contribution in [0.5, 0.6) is 0 Å². The van der Waals surface area contributed by atoms with E-state index >= 15 is 0 Å². The zero-order valence-electron chi connectivity index (χ0n) is 24.5. The van der Waals surface area contributed by atoms with Crippen LogP contribution in [0.15, 0.2) is 78.9 Å². The maximum atomic E-state index is 13.5. The van der Waals surface area contributed by atoms with Gasteiger partial charge in [-0.15, -0.1) is 12.4 Å². The molecule has 2 saturated heterocycles. The lowest BCUT2D eigenvalue weighted by molar-refractivity contribution is 0.0617. The molecule has 2 heterocycles. The smallest absolute Gasteiger partial charge is 0.253 e. The van der Waals surface area contributed by atoms with E-state index in [9.17, 15) is 13.2 Å². The van der Waals surface area contributed by atoms with Gasteiger partial charge in [-0.1, -0.05) is 77.8 Å². The Morgan fingerprint density at radius 2 is 1.51 bits per heavy atom. The molecular formula is C33H40Cl3N3O3S. The molecule has 2 fully saturated rings. The first-order valence-electron chi connectivity index (χ1n) is 14.7. The summed E-state index contributed by atoms with van der Waals surface area (Å²) in [5, 5.41) is 1.06. The van der Waals surface area contributed by atoms with E-state index in [2.05, 4.69) is 15.7 Å². The molecule has 232 valence electrons. The molecule has 0 aromatic heterocycles. The summed E-state index contributed by atoms with van der Waals surface area (Å²) in [5.74, 6) is 0.0615. The topological polar surface area (TPSA) is 69.7 Å². The van der Waals surface area contributed by atoms with E-state index in [0.29, 0.717) is 35.0 Å². The van der Waals surface area contributed by atoms with Crippen molar-refractivity contribution in [2.45, 2.75) is 49.5 Å². The van der Waals surface area contributed by atoms with Gasteiger partial charge in [-0.3, -0.25) is 4.79 Å². The molecule has 0 radical (unpaired) electrons. The van der Waals surface area contributed by atoms with E-state index in [4.69, 9.17) is 23.2 Å². The Bertz CT molecular complexity index is 1480. The van der Waals surface area contributed by atoms with Gasteiger partial charge in [-0.05, 0) is 80.5 Å². The molecule has 3 aromatic carbocycles. The number of piperidine rings is 2. The minimum atomic E-state index is -3.38. The average Bonchev–Trinajstić information content (AvgIpc) is 2.99. The minimum Gasteiger partial charge on any atom is -0.338 e. The number of sulfonamides is 1. The van der Waals surface area contributed by atoms with Crippen LogP contribution in [0.1, 0.15) is 60.0 Å². The van der Waals surface area contributed by atoms with Crippen molar-refractivity contribution in [1.29, 1.82) is 0 Å². The van der Waals surface area contributed by atoms with E-state index in [1.54, 1.807) is 0 Å². The van der Waals surface area contributed by atoms with Gasteiger partial charge in [-0.2, -0.15) is 0 Å². The largest absolute Gasteiger partial charge is 0.338 e. The van der Waals surface area contributed by atoms with Gasteiger partial charge in [0.15, 0.2) is 0 Å². The molecule has 2 aliphatic heterocycles. The van der Waals surface area contributed by atoms with E-state index in [1.807, 2.05) is 77.7 Å². The Morgan fingerprint density at radius 1 is 0.860 bits per heavy atom. The van der Waals surface area contributed by atoms with Gasteiger partial charge in [0.1, 0.15) is 0 Å². The van der Waals surface area contributed by atoms with Crippen molar-refractivity contribution in [3.63, 3.8) is 0 Å². The van der Waals surface area contributed by atoms with Gasteiger partial charge in [0.2, 0.25) is 10.0 Å². The summed E-state index contributed by atoms with van der Waals surface area (Å²) in [7, 11) is -3.38. The number of halogens is 3. The lowest BCUT2D eigenvalue weighted by Gasteiger charge is -2.45. The van der Waals surface area contributed by atoms with Crippen molar-refractivity contribution in [3.05, 3.63) is 106 Å². The van der Waals surface area contributed by atoms with Crippen LogP contribution in [0.4, 0.5) is 0 Å². The summed E-state index contributed by atoms with van der Waals surface area (Å²) in [6.07, 6.45) is 6.40. The standard InChI is InChI=1S/C33H39Cl2N3O3S.ClH/c1-42(40,41)36-33(27-12-6-3-7-13-27)18-22-37(23-19-33)20-8-16-32(28-14-15-29(34)30(35)24-28)17-9-21-38(25-32)31(39)26-10-4-2-5-11-26;/h2-7,10-15,24,36H,8-9,16-23,25H2,1H3;1H. The normalized spacial score (nSPS) is 20.8. The van der Waals surface area contributed by atoms with Gasteiger partial charge >= 0.3 is 0 Å². The highest BCUT2D eigenvalue weighted by atomic mass is 35.5. The van der Waals surface area contributed by atoms with E-state index < -0.39 is 15.6 Å². The molecule has 10 heteroatoms. The second-order valence-corrected chi connectivity index (χ2v) is 14.4. The van der Waals surface area contributed by atoms with Crippen molar-refractivity contribution in [3.8, 4) is 0 Å². The number of carbonyl (C=O) groups excluding carboxylic acids is 1. The third-order valence-electron chi connectivity index (χ3n) is 8.96. The minimum absolute atomic E-state index is 0. The van der Waals surface area contributed by atoms with E-state index in [1.165, 1.54) is 6.26 Å². The molecule has 2 aliphatic rings. The highest BCUT2D eigenvalue weighted by molar-refractivity contribution is 7.88. The number of benzene rings is 3. The fourth-order valence-electron chi connectivity index (χ4n) is 6.84. The van der Waals surface area contributed by atoms with Crippen LogP contribution in [-0.4, -0.2) is 63.1 Å². The van der Waals surface area contributed by atoms with Gasteiger partial charge in [0, 0.05) is 37.2 Å². The van der Waals surface area contributed by atoms with E-state index in [-0.39, 0.29) is 23.7 Å². The fraction of sp³-hybridized carbons (Fsp3) is 0.424.